The highest BCUT2D eigenvalue weighted by molar-refractivity contribution is 6.99. The Morgan fingerprint density at radius 2 is 0.838 bits per heavy atom. The predicted octanol–water partition coefficient (Wildman–Crippen LogP) is 17.1. The van der Waals surface area contributed by atoms with E-state index in [4.69, 9.17) is 4.74 Å². The van der Waals surface area contributed by atoms with Crippen molar-refractivity contribution in [2.75, 3.05) is 0 Å². The van der Waals surface area contributed by atoms with Crippen LogP contribution in [0.2, 0.25) is 0 Å². The fourth-order valence-corrected chi connectivity index (χ4v) is 12.2. The Morgan fingerprint density at radius 3 is 1.41 bits per heavy atom. The number of para-hydroxylation sites is 1. The Morgan fingerprint density at radius 1 is 0.338 bits per heavy atom. The molecule has 364 valence electrons. The van der Waals surface area contributed by atoms with Crippen LogP contribution in [0.4, 0.5) is 0 Å². The van der Waals surface area contributed by atoms with Gasteiger partial charge in [-0.05, 0) is 154 Å². The first kappa shape index (κ1) is 46.2. The second-order valence-electron chi connectivity index (χ2n) is 25.4. The Hall–Kier alpha value is -7.56. The second kappa shape index (κ2) is 16.0. The van der Waals surface area contributed by atoms with Crippen molar-refractivity contribution in [3.8, 4) is 34.0 Å². The van der Waals surface area contributed by atoms with E-state index < -0.39 is 0 Å². The van der Waals surface area contributed by atoms with Gasteiger partial charge >= 0.3 is 0 Å². The highest BCUT2D eigenvalue weighted by Crippen LogP contribution is 2.43. The molecule has 0 unspecified atom stereocenters. The lowest BCUT2D eigenvalue weighted by Gasteiger charge is -2.35. The predicted molar refractivity (Wildman–Crippen MR) is 319 cm³/mol. The molecule has 2 aliphatic heterocycles. The Labute approximate surface area is 436 Å². The van der Waals surface area contributed by atoms with Crippen LogP contribution in [0.1, 0.15) is 105 Å². The van der Waals surface area contributed by atoms with Crippen molar-refractivity contribution in [2.24, 2.45) is 0 Å². The smallest absolute Gasteiger partial charge is 0.256 e. The van der Waals surface area contributed by atoms with Crippen LogP contribution >= 0.6 is 0 Å². The van der Waals surface area contributed by atoms with Gasteiger partial charge < -0.3 is 13.9 Å². The molecule has 0 atom stereocenters. The van der Waals surface area contributed by atoms with Crippen LogP contribution in [0.25, 0.3) is 87.7 Å². The van der Waals surface area contributed by atoms with Crippen LogP contribution in [0.15, 0.2) is 176 Å². The van der Waals surface area contributed by atoms with E-state index in [1.807, 2.05) is 0 Å². The number of ether oxygens (including phenoxy) is 1. The van der Waals surface area contributed by atoms with Gasteiger partial charge in [0, 0.05) is 32.9 Å². The fourth-order valence-electron chi connectivity index (χ4n) is 12.2. The lowest BCUT2D eigenvalue weighted by Crippen LogP contribution is -2.58. The molecule has 0 radical (unpaired) electrons. The Kier molecular flexibility index (Phi) is 9.98. The summed E-state index contributed by atoms with van der Waals surface area (Å²) in [6.07, 6.45) is 0. The van der Waals surface area contributed by atoms with Crippen LogP contribution in [0.5, 0.6) is 11.5 Å². The molecular weight excluding hydrogens is 896 g/mol. The van der Waals surface area contributed by atoms with Crippen LogP contribution in [0.3, 0.4) is 0 Å². The summed E-state index contributed by atoms with van der Waals surface area (Å²) in [5.41, 5.74) is 18.4. The van der Waals surface area contributed by atoms with Crippen LogP contribution in [-0.4, -0.2) is 15.8 Å². The van der Waals surface area contributed by atoms with Crippen molar-refractivity contribution in [2.45, 2.75) is 105 Å². The van der Waals surface area contributed by atoms with Crippen molar-refractivity contribution in [1.82, 2.24) is 9.13 Å². The number of fused-ring (bicyclic) bond motifs is 15. The summed E-state index contributed by atoms with van der Waals surface area (Å²) < 4.78 is 12.3. The maximum absolute atomic E-state index is 7.21. The first-order valence-corrected chi connectivity index (χ1v) is 26.7. The van der Waals surface area contributed by atoms with E-state index in [9.17, 15) is 0 Å². The van der Waals surface area contributed by atoms with E-state index in [1.165, 1.54) is 110 Å². The quantitative estimate of drug-likeness (QED) is 0.158. The van der Waals surface area contributed by atoms with E-state index in [0.29, 0.717) is 0 Å². The standard InChI is InChI=1S/C70H65BN2O/c1-67(2,3)44-26-31-60-55(39-44)56-40-45(68(4,5)6)27-32-61(56)72(60)48-28-30-57-62(41-48)73-59-24-18-17-23-53(59)51-21-15-13-19-49(51)50-20-14-16-22-52(50)54-29-34-64-65(66(54)73)71(57)58-37-42(25-33-63(58)74-64)43-35-46(69(7,8)9)38-47(36-43)70(10,11)12/h13-41H,1-12H3. The summed E-state index contributed by atoms with van der Waals surface area (Å²) in [5.74, 6) is 1.80. The minimum atomic E-state index is -0.124. The van der Waals surface area contributed by atoms with Gasteiger partial charge in [-0.15, -0.1) is 0 Å². The van der Waals surface area contributed by atoms with Gasteiger partial charge in [-0.1, -0.05) is 198 Å². The highest BCUT2D eigenvalue weighted by Gasteiger charge is 2.40. The summed E-state index contributed by atoms with van der Waals surface area (Å²) in [6.45, 7) is 27.7. The van der Waals surface area contributed by atoms with Gasteiger partial charge in [-0.25, -0.2) is 0 Å². The molecular formula is C70H65BN2O. The maximum atomic E-state index is 7.21. The molecule has 4 heteroatoms. The SMILES string of the molecule is CC(C)(C)c1cc(-c2ccc3c(c2)B2c4ccc(-n5c6ccc(C(C)(C)C)cc6c6cc(C(C)(C)C)ccc65)cc4-n4c5ccccc5c5ccccc5c5ccccc5c5ccc(c2c54)O3)cc(C(C)(C)C)c1. The molecule has 11 aromatic rings. The Bertz CT molecular complexity index is 4160. The lowest BCUT2D eigenvalue weighted by molar-refractivity contribution is 0.488. The molecule has 0 bridgehead atoms. The minimum Gasteiger partial charge on any atom is -0.458 e. The molecule has 0 saturated carbocycles. The average molecular weight is 961 g/mol. The van der Waals surface area contributed by atoms with E-state index in [2.05, 4.69) is 268 Å². The zero-order valence-electron chi connectivity index (χ0n) is 45.1. The molecule has 0 aliphatic carbocycles. The second-order valence-corrected chi connectivity index (χ2v) is 25.4. The largest absolute Gasteiger partial charge is 0.458 e. The summed E-state index contributed by atoms with van der Waals surface area (Å²) in [6, 6.07) is 67.4. The number of hydrogen-bond acceptors (Lipinski definition) is 1. The number of rotatable bonds is 2. The molecule has 0 spiro atoms. The molecule has 2 aromatic heterocycles. The summed E-state index contributed by atoms with van der Waals surface area (Å²) in [4.78, 5) is 0. The van der Waals surface area contributed by atoms with Crippen molar-refractivity contribution in [3.05, 3.63) is 198 Å². The molecule has 74 heavy (non-hydrogen) atoms. The zero-order valence-corrected chi connectivity index (χ0v) is 45.1. The Balaban J connectivity index is 1.18. The molecule has 4 heterocycles. The van der Waals surface area contributed by atoms with Crippen LogP contribution < -0.4 is 21.1 Å². The highest BCUT2D eigenvalue weighted by atomic mass is 16.5. The maximum Gasteiger partial charge on any atom is 0.256 e. The number of aromatic nitrogens is 2. The van der Waals surface area contributed by atoms with E-state index in [1.54, 1.807) is 0 Å². The van der Waals surface area contributed by atoms with Crippen LogP contribution in [-0.2, 0) is 21.7 Å². The summed E-state index contributed by atoms with van der Waals surface area (Å²) in [7, 11) is 0. The van der Waals surface area contributed by atoms with E-state index in [-0.39, 0.29) is 28.4 Å². The molecule has 9 aromatic carbocycles. The third kappa shape index (κ3) is 7.15. The topological polar surface area (TPSA) is 19.1 Å². The molecule has 2 aliphatic rings. The normalized spacial score (nSPS) is 13.5. The fraction of sp³-hybridized carbons (Fsp3) is 0.229. The third-order valence-corrected chi connectivity index (χ3v) is 16.4. The summed E-state index contributed by atoms with van der Waals surface area (Å²) >= 11 is 0. The van der Waals surface area contributed by atoms with Crippen molar-refractivity contribution >= 4 is 88.3 Å². The van der Waals surface area contributed by atoms with Crippen molar-refractivity contribution in [1.29, 1.82) is 0 Å². The third-order valence-electron chi connectivity index (χ3n) is 16.4. The number of hydrogen-bond donors (Lipinski definition) is 0. The zero-order chi connectivity index (χ0) is 51.4. The van der Waals surface area contributed by atoms with E-state index in [0.717, 1.165) is 28.2 Å². The first-order chi connectivity index (χ1) is 35.2. The molecule has 13 rings (SSSR count). The van der Waals surface area contributed by atoms with Gasteiger partial charge in [0.25, 0.3) is 6.71 Å². The molecule has 0 saturated heterocycles. The van der Waals surface area contributed by atoms with E-state index >= 15 is 0 Å². The monoisotopic (exact) mass is 961 g/mol. The minimum absolute atomic E-state index is 0.00100. The van der Waals surface area contributed by atoms with Crippen molar-refractivity contribution < 1.29 is 4.74 Å². The lowest BCUT2D eigenvalue weighted by atomic mass is 9.34. The molecule has 0 amide bonds. The van der Waals surface area contributed by atoms with Gasteiger partial charge in [0.05, 0.1) is 22.1 Å². The number of benzene rings is 9. The van der Waals surface area contributed by atoms with Gasteiger partial charge in [-0.2, -0.15) is 0 Å². The first-order valence-electron chi connectivity index (χ1n) is 26.7. The summed E-state index contributed by atoms with van der Waals surface area (Å²) in [5, 5.41) is 9.79. The van der Waals surface area contributed by atoms with Crippen molar-refractivity contribution in [3.63, 3.8) is 0 Å². The van der Waals surface area contributed by atoms with Crippen LogP contribution in [0, 0.1) is 0 Å². The average Bonchev–Trinajstić information content (AvgIpc) is 3.72. The van der Waals surface area contributed by atoms with Gasteiger partial charge in [0.15, 0.2) is 0 Å². The molecule has 3 nitrogen and oxygen atoms in total. The number of nitrogens with zero attached hydrogens (tertiary/aromatic N) is 2. The molecule has 0 fully saturated rings. The van der Waals surface area contributed by atoms with Gasteiger partial charge in [0.1, 0.15) is 11.5 Å². The van der Waals surface area contributed by atoms with Gasteiger partial charge in [0.2, 0.25) is 0 Å². The van der Waals surface area contributed by atoms with Gasteiger partial charge in [-0.3, -0.25) is 0 Å². The molecule has 0 N–H and O–H groups in total.